The number of unbranched alkanes of at least 4 members (excludes halogenated alkanes) is 7. The molecule has 1 aliphatic heterocycles. The molecule has 0 fully saturated rings. The number of rotatable bonds is 17. The summed E-state index contributed by atoms with van der Waals surface area (Å²) in [5, 5.41) is 23.7. The zero-order valence-corrected chi connectivity index (χ0v) is 24.2. The molecule has 3 N–H and O–H groups in total. The van der Waals surface area contributed by atoms with E-state index in [1.165, 1.54) is 7.11 Å². The number of aldehydes is 1. The molecule has 0 saturated carbocycles. The Labute approximate surface area is 237 Å². The molecule has 1 aliphatic carbocycles. The number of nitrogens with zero attached hydrogens (tertiary/aromatic N) is 1. The lowest BCUT2D eigenvalue weighted by atomic mass is 9.77. The van der Waals surface area contributed by atoms with Crippen LogP contribution in [0.25, 0.3) is 0 Å². The van der Waals surface area contributed by atoms with E-state index >= 15 is 0 Å². The van der Waals surface area contributed by atoms with E-state index in [0.717, 1.165) is 57.8 Å². The number of aliphatic hydroxyl groups is 2. The van der Waals surface area contributed by atoms with Crippen molar-refractivity contribution in [3.05, 3.63) is 34.9 Å². The van der Waals surface area contributed by atoms with Crippen LogP contribution in [0.15, 0.2) is 23.8 Å². The van der Waals surface area contributed by atoms with Gasteiger partial charge in [0.1, 0.15) is 18.5 Å². The lowest BCUT2D eigenvalue weighted by Gasteiger charge is -2.41. The summed E-state index contributed by atoms with van der Waals surface area (Å²) in [6.07, 6.45) is 9.79. The standard InChI is InChI=1S/C31H46N2O7/c1-4-6-8-10-11-13-26(36)33(15-12-9-7-5-2)24-19-23(31(38)32-14-16-34)27-22-17-21(20-35)18-25(39-3)29(22)40-30(27)28(24)37/h17-20,24,27-28,30,34,37H,4-16H2,1-3H3,(H,32,38). The van der Waals surface area contributed by atoms with Crippen LogP contribution in [0.5, 0.6) is 11.5 Å². The van der Waals surface area contributed by atoms with Crippen molar-refractivity contribution in [2.45, 2.75) is 102 Å². The van der Waals surface area contributed by atoms with Crippen LogP contribution in [-0.4, -0.2) is 78.3 Å². The Morgan fingerprint density at radius 3 is 2.42 bits per heavy atom. The van der Waals surface area contributed by atoms with Crippen molar-refractivity contribution in [2.75, 3.05) is 26.8 Å². The van der Waals surface area contributed by atoms with Crippen molar-refractivity contribution in [1.29, 1.82) is 0 Å². The molecule has 1 heterocycles. The van der Waals surface area contributed by atoms with Crippen LogP contribution >= 0.6 is 0 Å². The van der Waals surface area contributed by atoms with Crippen molar-refractivity contribution in [2.24, 2.45) is 0 Å². The smallest absolute Gasteiger partial charge is 0.247 e. The summed E-state index contributed by atoms with van der Waals surface area (Å²) in [6.45, 7) is 4.59. The molecule has 0 saturated heterocycles. The van der Waals surface area contributed by atoms with Gasteiger partial charge in [-0.25, -0.2) is 0 Å². The number of carbonyl (C=O) groups excluding carboxylic acids is 3. The maximum atomic E-state index is 13.6. The van der Waals surface area contributed by atoms with Crippen molar-refractivity contribution in [1.82, 2.24) is 10.2 Å². The van der Waals surface area contributed by atoms with Gasteiger partial charge in [0.15, 0.2) is 11.5 Å². The maximum absolute atomic E-state index is 13.6. The first-order valence-electron chi connectivity index (χ1n) is 14.8. The highest BCUT2D eigenvalue weighted by atomic mass is 16.5. The summed E-state index contributed by atoms with van der Waals surface area (Å²) in [5.74, 6) is -0.406. The fraction of sp³-hybridized carbons (Fsp3) is 0.645. The Hall–Kier alpha value is -2.91. The molecule has 0 bridgehead atoms. The number of benzene rings is 1. The SMILES string of the molecule is CCCCCCCC(=O)N(CCCCCC)C1C=C(C(=O)NCCO)C2c3cc(C=O)cc(OC)c3OC2C1O. The number of aliphatic hydroxyl groups excluding tert-OH is 2. The number of fused-ring (bicyclic) bond motifs is 3. The monoisotopic (exact) mass is 558 g/mol. The molecule has 0 spiro atoms. The van der Waals surface area contributed by atoms with E-state index in [9.17, 15) is 24.6 Å². The van der Waals surface area contributed by atoms with Gasteiger partial charge in [-0.15, -0.1) is 0 Å². The summed E-state index contributed by atoms with van der Waals surface area (Å²) in [4.78, 5) is 40.4. The number of amides is 2. The van der Waals surface area contributed by atoms with E-state index in [2.05, 4.69) is 19.2 Å². The topological polar surface area (TPSA) is 125 Å². The van der Waals surface area contributed by atoms with Gasteiger partial charge in [0, 0.05) is 36.2 Å². The predicted octanol–water partition coefficient (Wildman–Crippen LogP) is 3.90. The summed E-state index contributed by atoms with van der Waals surface area (Å²) >= 11 is 0. The van der Waals surface area contributed by atoms with E-state index in [1.807, 2.05) is 0 Å². The molecule has 40 heavy (non-hydrogen) atoms. The highest BCUT2D eigenvalue weighted by Gasteiger charge is 2.51. The van der Waals surface area contributed by atoms with Gasteiger partial charge in [-0.05, 0) is 31.1 Å². The molecule has 222 valence electrons. The first-order chi connectivity index (χ1) is 19.4. The lowest BCUT2D eigenvalue weighted by molar-refractivity contribution is -0.137. The third-order valence-corrected chi connectivity index (χ3v) is 7.84. The van der Waals surface area contributed by atoms with Gasteiger partial charge in [-0.3, -0.25) is 14.4 Å². The van der Waals surface area contributed by atoms with Crippen LogP contribution in [0, 0.1) is 0 Å². The Morgan fingerprint density at radius 2 is 1.77 bits per heavy atom. The number of methoxy groups -OCH3 is 1. The summed E-state index contributed by atoms with van der Waals surface area (Å²) in [7, 11) is 1.47. The maximum Gasteiger partial charge on any atom is 0.247 e. The molecule has 1 aromatic carbocycles. The number of nitrogens with one attached hydrogen (secondary N) is 1. The van der Waals surface area contributed by atoms with E-state index in [1.54, 1.807) is 23.1 Å². The molecule has 9 heteroatoms. The molecule has 9 nitrogen and oxygen atoms in total. The first kappa shape index (κ1) is 31.6. The normalized spacial score (nSPS) is 21.1. The van der Waals surface area contributed by atoms with Crippen molar-refractivity contribution >= 4 is 18.1 Å². The zero-order chi connectivity index (χ0) is 29.1. The Morgan fingerprint density at radius 1 is 1.07 bits per heavy atom. The average molecular weight is 559 g/mol. The molecule has 2 amide bonds. The van der Waals surface area contributed by atoms with Crippen molar-refractivity contribution in [3.63, 3.8) is 0 Å². The zero-order valence-electron chi connectivity index (χ0n) is 24.2. The number of hydrogen-bond acceptors (Lipinski definition) is 7. The van der Waals surface area contributed by atoms with E-state index in [4.69, 9.17) is 9.47 Å². The molecule has 1 aromatic rings. The van der Waals surface area contributed by atoms with Crippen molar-refractivity contribution in [3.8, 4) is 11.5 Å². The van der Waals surface area contributed by atoms with Gasteiger partial charge in [-0.2, -0.15) is 0 Å². The highest BCUT2D eigenvalue weighted by Crippen LogP contribution is 2.51. The van der Waals surface area contributed by atoms with Crippen LogP contribution in [0.2, 0.25) is 0 Å². The average Bonchev–Trinajstić information content (AvgIpc) is 3.36. The van der Waals surface area contributed by atoms with Gasteiger partial charge >= 0.3 is 0 Å². The molecular weight excluding hydrogens is 512 g/mol. The van der Waals surface area contributed by atoms with Gasteiger partial charge in [0.25, 0.3) is 0 Å². The fourth-order valence-electron chi connectivity index (χ4n) is 5.73. The van der Waals surface area contributed by atoms with E-state index < -0.39 is 30.1 Å². The fourth-order valence-corrected chi connectivity index (χ4v) is 5.73. The number of carbonyl (C=O) groups is 3. The molecule has 2 aliphatic rings. The van der Waals surface area contributed by atoms with Crippen LogP contribution in [-0.2, 0) is 9.59 Å². The molecule has 0 aromatic heterocycles. The van der Waals surface area contributed by atoms with Gasteiger partial charge in [0.2, 0.25) is 11.8 Å². The number of hydrogen-bond donors (Lipinski definition) is 3. The minimum atomic E-state index is -1.11. The molecular formula is C31H46N2O7. The lowest BCUT2D eigenvalue weighted by Crippen LogP contribution is -2.56. The number of ether oxygens (including phenoxy) is 2. The highest BCUT2D eigenvalue weighted by molar-refractivity contribution is 5.96. The summed E-state index contributed by atoms with van der Waals surface area (Å²) in [5.41, 5.74) is 1.28. The van der Waals surface area contributed by atoms with E-state index in [0.29, 0.717) is 47.5 Å². The van der Waals surface area contributed by atoms with Crippen LogP contribution in [0.4, 0.5) is 0 Å². The Balaban J connectivity index is 1.99. The predicted molar refractivity (Wildman–Crippen MR) is 153 cm³/mol. The quantitative estimate of drug-likeness (QED) is 0.196. The van der Waals surface area contributed by atoms with Crippen LogP contribution in [0.3, 0.4) is 0 Å². The summed E-state index contributed by atoms with van der Waals surface area (Å²) < 4.78 is 11.7. The largest absolute Gasteiger partial charge is 0.493 e. The van der Waals surface area contributed by atoms with Crippen LogP contribution in [0.1, 0.15) is 99.9 Å². The third kappa shape index (κ3) is 7.43. The second kappa shape index (κ2) is 15.8. The first-order valence-corrected chi connectivity index (χ1v) is 14.8. The Kier molecular flexibility index (Phi) is 12.5. The second-order valence-electron chi connectivity index (χ2n) is 10.7. The second-order valence-corrected chi connectivity index (χ2v) is 10.7. The molecule has 3 rings (SSSR count). The van der Waals surface area contributed by atoms with E-state index in [-0.39, 0.29) is 19.1 Å². The third-order valence-electron chi connectivity index (χ3n) is 7.84. The minimum absolute atomic E-state index is 0.0433. The minimum Gasteiger partial charge on any atom is -0.493 e. The molecule has 0 radical (unpaired) electrons. The van der Waals surface area contributed by atoms with Gasteiger partial charge in [-0.1, -0.05) is 58.8 Å². The Bertz CT molecular complexity index is 1040. The van der Waals surface area contributed by atoms with Crippen molar-refractivity contribution < 1.29 is 34.1 Å². The summed E-state index contributed by atoms with van der Waals surface area (Å²) in [6, 6.07) is 2.45. The molecule has 4 atom stereocenters. The molecule has 4 unspecified atom stereocenters. The van der Waals surface area contributed by atoms with Crippen LogP contribution < -0.4 is 14.8 Å². The van der Waals surface area contributed by atoms with Gasteiger partial charge < -0.3 is 29.9 Å². The van der Waals surface area contributed by atoms with Gasteiger partial charge in [0.05, 0.1) is 25.7 Å².